The fourth-order valence-corrected chi connectivity index (χ4v) is 3.51. The Hall–Kier alpha value is -2.88. The molecule has 0 bridgehead atoms. The van der Waals surface area contributed by atoms with Crippen molar-refractivity contribution in [2.45, 2.75) is 13.3 Å². The van der Waals surface area contributed by atoms with E-state index in [4.69, 9.17) is 27.9 Å². The summed E-state index contributed by atoms with van der Waals surface area (Å²) in [4.78, 5) is 16.6. The molecule has 0 saturated heterocycles. The number of nitrogens with zero attached hydrogens (tertiary/aromatic N) is 5. The van der Waals surface area contributed by atoms with Gasteiger partial charge in [-0.3, -0.25) is 10.1 Å². The third-order valence-electron chi connectivity index (χ3n) is 4.14. The van der Waals surface area contributed by atoms with Gasteiger partial charge in [0.05, 0.1) is 11.6 Å². The fourth-order valence-electron chi connectivity index (χ4n) is 2.65. The Bertz CT molecular complexity index is 1210. The highest BCUT2D eigenvalue weighted by molar-refractivity contribution is 9.10. The van der Waals surface area contributed by atoms with E-state index in [0.29, 0.717) is 22.3 Å². The molecule has 2 heterocycles. The molecule has 1 N–H and O–H groups in total. The van der Waals surface area contributed by atoms with Crippen LogP contribution in [0.5, 0.6) is 5.75 Å². The lowest BCUT2D eigenvalue weighted by molar-refractivity contribution is 0.101. The van der Waals surface area contributed by atoms with Crippen molar-refractivity contribution in [1.82, 2.24) is 24.5 Å². The van der Waals surface area contributed by atoms with Gasteiger partial charge in [-0.1, -0.05) is 51.3 Å². The Morgan fingerprint density at radius 1 is 1.06 bits per heavy atom. The Morgan fingerprint density at radius 2 is 1.87 bits per heavy atom. The molecule has 0 aliphatic carbocycles. The summed E-state index contributed by atoms with van der Waals surface area (Å²) in [5, 5.41) is 12.2. The van der Waals surface area contributed by atoms with Gasteiger partial charge in [0.25, 0.3) is 5.91 Å². The second-order valence-electron chi connectivity index (χ2n) is 6.43. The van der Waals surface area contributed by atoms with Crippen LogP contribution >= 0.6 is 39.1 Å². The molecule has 0 atom stereocenters. The smallest absolute Gasteiger partial charge is 0.278 e. The minimum Gasteiger partial charge on any atom is -0.470 e. The molecule has 1 amide bonds. The average Bonchev–Trinajstić information content (AvgIpc) is 3.39. The van der Waals surface area contributed by atoms with E-state index in [0.717, 1.165) is 10.0 Å². The maximum Gasteiger partial charge on any atom is 0.278 e. The van der Waals surface area contributed by atoms with Crippen LogP contribution < -0.4 is 10.1 Å². The van der Waals surface area contributed by atoms with E-state index in [9.17, 15) is 4.79 Å². The van der Waals surface area contributed by atoms with Gasteiger partial charge in [-0.15, -0.1) is 5.10 Å². The molecule has 0 aliphatic heterocycles. The summed E-state index contributed by atoms with van der Waals surface area (Å²) in [5.74, 6) is 0.276. The van der Waals surface area contributed by atoms with E-state index in [2.05, 4.69) is 36.4 Å². The van der Waals surface area contributed by atoms with E-state index >= 15 is 0 Å². The number of nitrogens with one attached hydrogen (secondary N) is 1. The molecular formula is C20H15BrCl2N6O2. The lowest BCUT2D eigenvalue weighted by Gasteiger charge is -2.08. The maximum absolute atomic E-state index is 12.4. The predicted octanol–water partition coefficient (Wildman–Crippen LogP) is 4.88. The summed E-state index contributed by atoms with van der Waals surface area (Å²) in [7, 11) is 0. The van der Waals surface area contributed by atoms with Crippen LogP contribution in [0.25, 0.3) is 0 Å². The second-order valence-corrected chi connectivity index (χ2v) is 8.19. The van der Waals surface area contributed by atoms with E-state index < -0.39 is 5.91 Å². The summed E-state index contributed by atoms with van der Waals surface area (Å²) in [6, 6.07) is 14.3. The number of hydrogen-bond donors (Lipinski definition) is 1. The van der Waals surface area contributed by atoms with Crippen molar-refractivity contribution >= 4 is 51.0 Å². The van der Waals surface area contributed by atoms with Gasteiger partial charge in [0.15, 0.2) is 12.4 Å². The van der Waals surface area contributed by atoms with Crippen molar-refractivity contribution in [3.8, 4) is 5.75 Å². The molecular weight excluding hydrogens is 507 g/mol. The lowest BCUT2D eigenvalue weighted by atomic mass is 10.2. The van der Waals surface area contributed by atoms with Gasteiger partial charge in [0.2, 0.25) is 5.95 Å². The minimum atomic E-state index is -0.426. The second kappa shape index (κ2) is 9.51. The Kier molecular flexibility index (Phi) is 6.55. The first-order valence-electron chi connectivity index (χ1n) is 9.03. The van der Waals surface area contributed by atoms with E-state index in [1.54, 1.807) is 47.5 Å². The van der Waals surface area contributed by atoms with Crippen LogP contribution in [0.4, 0.5) is 5.95 Å². The number of aromatic nitrogens is 5. The normalized spacial score (nSPS) is 10.8. The molecule has 0 saturated carbocycles. The van der Waals surface area contributed by atoms with Crippen LogP contribution in [0, 0.1) is 0 Å². The monoisotopic (exact) mass is 520 g/mol. The largest absolute Gasteiger partial charge is 0.470 e. The topological polar surface area (TPSA) is 86.9 Å². The molecule has 2 aromatic heterocycles. The summed E-state index contributed by atoms with van der Waals surface area (Å²) in [5.41, 5.74) is 1.22. The van der Waals surface area contributed by atoms with Crippen molar-refractivity contribution in [3.63, 3.8) is 0 Å². The highest BCUT2D eigenvalue weighted by atomic mass is 79.9. The summed E-state index contributed by atoms with van der Waals surface area (Å²) in [6.45, 7) is 0.604. The molecule has 158 valence electrons. The van der Waals surface area contributed by atoms with Crippen LogP contribution in [0.15, 0.2) is 65.5 Å². The van der Waals surface area contributed by atoms with Crippen LogP contribution in [0.1, 0.15) is 16.1 Å². The average molecular weight is 522 g/mol. The lowest BCUT2D eigenvalue weighted by Crippen LogP contribution is -2.15. The summed E-state index contributed by atoms with van der Waals surface area (Å²) < 4.78 is 9.59. The molecule has 11 heteroatoms. The first kappa shape index (κ1) is 21.4. The summed E-state index contributed by atoms with van der Waals surface area (Å²) in [6.07, 6.45) is 3.17. The van der Waals surface area contributed by atoms with Gasteiger partial charge in [-0.2, -0.15) is 5.10 Å². The predicted molar refractivity (Wildman–Crippen MR) is 121 cm³/mol. The minimum absolute atomic E-state index is 0.0998. The molecule has 0 fully saturated rings. The van der Waals surface area contributed by atoms with Gasteiger partial charge in [-0.05, 0) is 42.0 Å². The van der Waals surface area contributed by atoms with Crippen LogP contribution in [-0.4, -0.2) is 30.5 Å². The number of amides is 1. The standard InChI is InChI=1S/C20H15BrCl2N6O2/c21-14-3-6-18(16(23)9-14)31-12-28-8-7-17(26-28)19(30)25-20-24-11-29(27-20)10-13-1-4-15(22)5-2-13/h1-9,11H,10,12H2,(H,25,27,30). The van der Waals surface area contributed by atoms with Crippen molar-refractivity contribution < 1.29 is 9.53 Å². The molecule has 2 aromatic carbocycles. The third-order valence-corrected chi connectivity index (χ3v) is 5.18. The molecule has 0 aliphatic rings. The molecule has 0 unspecified atom stereocenters. The number of halogens is 3. The number of rotatable bonds is 7. The third kappa shape index (κ3) is 5.63. The fraction of sp³-hybridized carbons (Fsp3) is 0.100. The molecule has 0 spiro atoms. The van der Waals surface area contributed by atoms with Crippen molar-refractivity contribution in [2.75, 3.05) is 5.32 Å². The van der Waals surface area contributed by atoms with Gasteiger partial charge >= 0.3 is 0 Å². The van der Waals surface area contributed by atoms with Crippen LogP contribution in [0.2, 0.25) is 10.0 Å². The maximum atomic E-state index is 12.4. The molecule has 4 rings (SSSR count). The van der Waals surface area contributed by atoms with Gasteiger partial charge < -0.3 is 4.74 Å². The number of ether oxygens (including phenoxy) is 1. The Morgan fingerprint density at radius 3 is 2.65 bits per heavy atom. The number of anilines is 1. The van der Waals surface area contributed by atoms with E-state index in [-0.39, 0.29) is 18.4 Å². The van der Waals surface area contributed by atoms with Crippen LogP contribution in [0.3, 0.4) is 0 Å². The van der Waals surface area contributed by atoms with Gasteiger partial charge in [0, 0.05) is 15.7 Å². The molecule has 8 nitrogen and oxygen atoms in total. The van der Waals surface area contributed by atoms with E-state index in [1.807, 2.05) is 18.2 Å². The molecule has 0 radical (unpaired) electrons. The first-order valence-corrected chi connectivity index (χ1v) is 10.6. The zero-order valence-electron chi connectivity index (χ0n) is 15.9. The van der Waals surface area contributed by atoms with Gasteiger partial charge in [-0.25, -0.2) is 14.3 Å². The van der Waals surface area contributed by atoms with Gasteiger partial charge in [0.1, 0.15) is 12.1 Å². The number of carbonyl (C=O) groups excluding carboxylic acids is 1. The Balaban J connectivity index is 1.33. The SMILES string of the molecule is O=C(Nc1ncn(Cc2ccc(Cl)cc2)n1)c1ccn(COc2ccc(Br)cc2Cl)n1. The van der Waals surface area contributed by atoms with Crippen molar-refractivity contribution in [1.29, 1.82) is 0 Å². The Labute approximate surface area is 195 Å². The molecule has 31 heavy (non-hydrogen) atoms. The van der Waals surface area contributed by atoms with Crippen molar-refractivity contribution in [2.24, 2.45) is 0 Å². The highest BCUT2D eigenvalue weighted by Gasteiger charge is 2.13. The zero-order chi connectivity index (χ0) is 21.8. The zero-order valence-corrected chi connectivity index (χ0v) is 19.0. The molecule has 4 aromatic rings. The number of carbonyl (C=O) groups is 1. The summed E-state index contributed by atoms with van der Waals surface area (Å²) >= 11 is 15.4. The van der Waals surface area contributed by atoms with E-state index in [1.165, 1.54) is 4.68 Å². The number of hydrogen-bond acceptors (Lipinski definition) is 5. The quantitative estimate of drug-likeness (QED) is 0.374. The van der Waals surface area contributed by atoms with Crippen LogP contribution in [-0.2, 0) is 13.3 Å². The number of benzene rings is 2. The van der Waals surface area contributed by atoms with Crippen molar-refractivity contribution in [3.05, 3.63) is 86.8 Å². The first-order chi connectivity index (χ1) is 15.0. The highest BCUT2D eigenvalue weighted by Crippen LogP contribution is 2.27.